The van der Waals surface area contributed by atoms with Crippen LogP contribution in [0.15, 0.2) is 24.3 Å². The molecule has 0 saturated carbocycles. The summed E-state index contributed by atoms with van der Waals surface area (Å²) in [7, 11) is 0. The number of aryl methyl sites for hydroxylation is 1. The Bertz CT molecular complexity index is 388. The highest BCUT2D eigenvalue weighted by molar-refractivity contribution is 5.50. The van der Waals surface area contributed by atoms with E-state index in [-0.39, 0.29) is 11.4 Å². The fraction of sp³-hybridized carbons (Fsp3) is 0.467. The van der Waals surface area contributed by atoms with Gasteiger partial charge in [-0.1, -0.05) is 18.2 Å². The minimum Gasteiger partial charge on any atom is -0.312 e. The molecule has 0 spiro atoms. The van der Waals surface area contributed by atoms with Gasteiger partial charge in [0.15, 0.2) is 0 Å². The van der Waals surface area contributed by atoms with E-state index in [1.165, 1.54) is 6.07 Å². The van der Waals surface area contributed by atoms with E-state index in [0.717, 1.165) is 18.5 Å². The van der Waals surface area contributed by atoms with Gasteiger partial charge in [-0.3, -0.25) is 0 Å². The third-order valence-corrected chi connectivity index (χ3v) is 2.46. The lowest BCUT2D eigenvalue weighted by atomic mass is 10.1. The van der Waals surface area contributed by atoms with Gasteiger partial charge in [-0.15, -0.1) is 0 Å². The highest BCUT2D eigenvalue weighted by atomic mass is 19.1. The molecule has 1 rings (SSSR count). The van der Waals surface area contributed by atoms with E-state index in [1.807, 2.05) is 12.1 Å². The predicted molar refractivity (Wildman–Crippen MR) is 72.5 cm³/mol. The molecule has 0 aliphatic rings. The van der Waals surface area contributed by atoms with E-state index in [9.17, 15) is 4.39 Å². The molecule has 94 valence electrons. The van der Waals surface area contributed by atoms with E-state index >= 15 is 0 Å². The van der Waals surface area contributed by atoms with E-state index in [2.05, 4.69) is 32.2 Å². The first kappa shape index (κ1) is 13.9. The molecule has 1 aromatic carbocycles. The van der Waals surface area contributed by atoms with Crippen LogP contribution in [0.3, 0.4) is 0 Å². The van der Waals surface area contributed by atoms with Crippen molar-refractivity contribution in [1.29, 1.82) is 0 Å². The van der Waals surface area contributed by atoms with Crippen molar-refractivity contribution in [1.82, 2.24) is 5.32 Å². The third-order valence-electron chi connectivity index (χ3n) is 2.46. The Balaban J connectivity index is 2.41. The summed E-state index contributed by atoms with van der Waals surface area (Å²) in [5, 5.41) is 3.42. The van der Waals surface area contributed by atoms with E-state index in [0.29, 0.717) is 5.56 Å². The zero-order valence-electron chi connectivity index (χ0n) is 11.2. The summed E-state index contributed by atoms with van der Waals surface area (Å²) in [4.78, 5) is 0. The lowest BCUT2D eigenvalue weighted by Crippen LogP contribution is -2.36. The van der Waals surface area contributed by atoms with Gasteiger partial charge in [0.25, 0.3) is 0 Å². The van der Waals surface area contributed by atoms with Gasteiger partial charge in [0.05, 0.1) is 0 Å². The van der Waals surface area contributed by atoms with Crippen molar-refractivity contribution >= 4 is 6.08 Å². The Hall–Kier alpha value is -1.15. The van der Waals surface area contributed by atoms with Gasteiger partial charge < -0.3 is 5.32 Å². The molecular formula is C15H22FN. The zero-order valence-corrected chi connectivity index (χ0v) is 11.2. The van der Waals surface area contributed by atoms with Gasteiger partial charge >= 0.3 is 0 Å². The molecule has 1 N–H and O–H groups in total. The summed E-state index contributed by atoms with van der Waals surface area (Å²) in [6, 6.07) is 5.18. The number of rotatable bonds is 4. The predicted octanol–water partition coefficient (Wildman–Crippen LogP) is 3.93. The monoisotopic (exact) mass is 235 g/mol. The highest BCUT2D eigenvalue weighted by Gasteiger charge is 2.06. The molecule has 0 fully saturated rings. The SMILES string of the molecule is Cc1cc(C=CCCNC(C)(C)C)ccc1F. The zero-order chi connectivity index (χ0) is 12.9. The molecule has 1 aromatic rings. The maximum absolute atomic E-state index is 13.0. The fourth-order valence-electron chi connectivity index (χ4n) is 1.52. The second kappa shape index (κ2) is 5.97. The van der Waals surface area contributed by atoms with Crippen molar-refractivity contribution < 1.29 is 4.39 Å². The normalized spacial score (nSPS) is 12.3. The van der Waals surface area contributed by atoms with E-state index in [4.69, 9.17) is 0 Å². The topological polar surface area (TPSA) is 12.0 Å². The molecule has 0 aliphatic heterocycles. The maximum Gasteiger partial charge on any atom is 0.126 e. The second-order valence-corrected chi connectivity index (χ2v) is 5.38. The smallest absolute Gasteiger partial charge is 0.126 e. The number of hydrogen-bond donors (Lipinski definition) is 1. The molecule has 0 aromatic heterocycles. The average Bonchev–Trinajstić information content (AvgIpc) is 2.21. The summed E-state index contributed by atoms with van der Waals surface area (Å²) in [6.07, 6.45) is 5.13. The van der Waals surface area contributed by atoms with E-state index < -0.39 is 0 Å². The van der Waals surface area contributed by atoms with Crippen LogP contribution in [-0.4, -0.2) is 12.1 Å². The molecule has 1 nitrogen and oxygen atoms in total. The maximum atomic E-state index is 13.0. The first-order valence-electron chi connectivity index (χ1n) is 6.06. The summed E-state index contributed by atoms with van der Waals surface area (Å²) in [5.74, 6) is -0.142. The van der Waals surface area contributed by atoms with Gasteiger partial charge in [0.2, 0.25) is 0 Å². The van der Waals surface area contributed by atoms with Crippen LogP contribution < -0.4 is 5.32 Å². The lowest BCUT2D eigenvalue weighted by Gasteiger charge is -2.19. The number of benzene rings is 1. The van der Waals surface area contributed by atoms with Gasteiger partial charge in [0.1, 0.15) is 5.82 Å². The summed E-state index contributed by atoms with van der Waals surface area (Å²) < 4.78 is 13.0. The minimum atomic E-state index is -0.142. The minimum absolute atomic E-state index is 0.142. The quantitative estimate of drug-likeness (QED) is 0.780. The number of nitrogens with one attached hydrogen (secondary N) is 1. The van der Waals surface area contributed by atoms with Gasteiger partial charge in [-0.2, -0.15) is 0 Å². The van der Waals surface area contributed by atoms with Crippen LogP contribution in [0.25, 0.3) is 6.08 Å². The molecule has 0 saturated heterocycles. The van der Waals surface area contributed by atoms with Crippen molar-refractivity contribution in [3.05, 3.63) is 41.2 Å². The Morgan fingerprint density at radius 2 is 2.00 bits per heavy atom. The molecule has 0 aliphatic carbocycles. The van der Waals surface area contributed by atoms with Crippen molar-refractivity contribution in [3.8, 4) is 0 Å². The molecule has 0 radical (unpaired) electrons. The fourth-order valence-corrected chi connectivity index (χ4v) is 1.52. The molecular weight excluding hydrogens is 213 g/mol. The van der Waals surface area contributed by atoms with E-state index in [1.54, 1.807) is 13.0 Å². The Labute approximate surface area is 104 Å². The summed E-state index contributed by atoms with van der Waals surface area (Å²) >= 11 is 0. The lowest BCUT2D eigenvalue weighted by molar-refractivity contribution is 0.431. The largest absolute Gasteiger partial charge is 0.312 e. The van der Waals surface area contributed by atoms with Crippen LogP contribution in [0.4, 0.5) is 4.39 Å². The molecule has 17 heavy (non-hydrogen) atoms. The van der Waals surface area contributed by atoms with Crippen LogP contribution >= 0.6 is 0 Å². The second-order valence-electron chi connectivity index (χ2n) is 5.38. The molecule has 0 atom stereocenters. The third kappa shape index (κ3) is 5.64. The van der Waals surface area contributed by atoms with Crippen LogP contribution in [-0.2, 0) is 0 Å². The number of halogens is 1. The standard InChI is InChI=1S/C15H22FN/c1-12-11-13(8-9-14(12)16)7-5-6-10-17-15(2,3)4/h5,7-9,11,17H,6,10H2,1-4H3. The molecule has 2 heteroatoms. The van der Waals surface area contributed by atoms with Crippen LogP contribution in [0.2, 0.25) is 0 Å². The Morgan fingerprint density at radius 1 is 1.29 bits per heavy atom. The van der Waals surface area contributed by atoms with Gasteiger partial charge in [-0.25, -0.2) is 4.39 Å². The first-order valence-corrected chi connectivity index (χ1v) is 6.06. The average molecular weight is 235 g/mol. The van der Waals surface area contributed by atoms with Crippen LogP contribution in [0.1, 0.15) is 38.3 Å². The molecule has 0 heterocycles. The summed E-state index contributed by atoms with van der Waals surface area (Å²) in [6.45, 7) is 9.20. The molecule has 0 bridgehead atoms. The first-order chi connectivity index (χ1) is 7.88. The van der Waals surface area contributed by atoms with Crippen molar-refractivity contribution in [2.45, 2.75) is 39.7 Å². The molecule has 0 amide bonds. The van der Waals surface area contributed by atoms with Gasteiger partial charge in [0, 0.05) is 5.54 Å². The van der Waals surface area contributed by atoms with Crippen molar-refractivity contribution in [2.24, 2.45) is 0 Å². The van der Waals surface area contributed by atoms with Crippen molar-refractivity contribution in [2.75, 3.05) is 6.54 Å². The Morgan fingerprint density at radius 3 is 2.59 bits per heavy atom. The van der Waals surface area contributed by atoms with Crippen LogP contribution in [0.5, 0.6) is 0 Å². The van der Waals surface area contributed by atoms with Crippen molar-refractivity contribution in [3.63, 3.8) is 0 Å². The number of hydrogen-bond acceptors (Lipinski definition) is 1. The molecule has 0 unspecified atom stereocenters. The Kier molecular flexibility index (Phi) is 4.88. The van der Waals surface area contributed by atoms with Crippen LogP contribution in [0, 0.1) is 12.7 Å². The van der Waals surface area contributed by atoms with Gasteiger partial charge in [-0.05, 0) is 63.9 Å². The summed E-state index contributed by atoms with van der Waals surface area (Å²) in [5.41, 5.74) is 1.92. The highest BCUT2D eigenvalue weighted by Crippen LogP contribution is 2.10.